The molecule has 0 aromatic rings. The zero-order valence-corrected chi connectivity index (χ0v) is 7.39. The molecule has 0 N–H and O–H groups in total. The Labute approximate surface area is 68.5 Å². The van der Waals surface area contributed by atoms with E-state index in [1.54, 1.807) is 0 Å². The lowest BCUT2D eigenvalue weighted by atomic mass is 9.78. The van der Waals surface area contributed by atoms with Crippen LogP contribution in [0.5, 0.6) is 0 Å². The normalized spacial score (nSPS) is 28.9. The van der Waals surface area contributed by atoms with Crippen molar-refractivity contribution in [2.75, 3.05) is 0 Å². The molecule has 1 rings (SSSR count). The summed E-state index contributed by atoms with van der Waals surface area (Å²) in [6.07, 6.45) is 3.98. The summed E-state index contributed by atoms with van der Waals surface area (Å²) >= 11 is 0. The molecule has 0 spiro atoms. The molecule has 1 atom stereocenters. The number of carbonyl (C=O) groups is 1. The molecule has 0 aromatic heterocycles. The fourth-order valence-corrected chi connectivity index (χ4v) is 1.85. The van der Waals surface area contributed by atoms with E-state index in [1.807, 2.05) is 0 Å². The molecule has 1 heteroatoms. The number of hydrogen-bond donors (Lipinski definition) is 0. The van der Waals surface area contributed by atoms with Crippen LogP contribution in [-0.2, 0) is 4.79 Å². The van der Waals surface area contributed by atoms with Crippen molar-refractivity contribution in [1.82, 2.24) is 0 Å². The molecule has 0 unspecified atom stereocenters. The van der Waals surface area contributed by atoms with E-state index in [0.29, 0.717) is 12.3 Å². The van der Waals surface area contributed by atoms with Crippen LogP contribution in [0.1, 0.15) is 33.1 Å². The lowest BCUT2D eigenvalue weighted by Gasteiger charge is -2.26. The van der Waals surface area contributed by atoms with Crippen LogP contribution in [0.2, 0.25) is 0 Å². The van der Waals surface area contributed by atoms with Crippen molar-refractivity contribution in [1.29, 1.82) is 0 Å². The molecule has 0 saturated heterocycles. The van der Waals surface area contributed by atoms with Gasteiger partial charge < -0.3 is 4.79 Å². The van der Waals surface area contributed by atoms with Crippen molar-refractivity contribution in [3.63, 3.8) is 0 Å². The summed E-state index contributed by atoms with van der Waals surface area (Å²) in [5.74, 6) is 0.535. The SMILES string of the molecule is C=C1CC[C@@H](CC=O)C1(C)C. The predicted molar refractivity (Wildman–Crippen MR) is 46.3 cm³/mol. The Morgan fingerprint density at radius 3 is 2.73 bits per heavy atom. The van der Waals surface area contributed by atoms with E-state index in [2.05, 4.69) is 20.4 Å². The van der Waals surface area contributed by atoms with Crippen molar-refractivity contribution in [3.05, 3.63) is 12.2 Å². The summed E-state index contributed by atoms with van der Waals surface area (Å²) in [7, 11) is 0. The second-order valence-electron chi connectivity index (χ2n) is 3.96. The molecule has 1 aliphatic rings. The lowest BCUT2D eigenvalue weighted by molar-refractivity contribution is -0.109. The van der Waals surface area contributed by atoms with Gasteiger partial charge in [-0.05, 0) is 24.2 Å². The van der Waals surface area contributed by atoms with Gasteiger partial charge in [0.2, 0.25) is 0 Å². The van der Waals surface area contributed by atoms with Crippen molar-refractivity contribution in [2.24, 2.45) is 11.3 Å². The third-order valence-electron chi connectivity index (χ3n) is 3.11. The van der Waals surface area contributed by atoms with Crippen LogP contribution in [0, 0.1) is 11.3 Å². The van der Waals surface area contributed by atoms with E-state index in [9.17, 15) is 4.79 Å². The molecule has 0 heterocycles. The Kier molecular flexibility index (Phi) is 2.17. The summed E-state index contributed by atoms with van der Waals surface area (Å²) in [5.41, 5.74) is 1.50. The van der Waals surface area contributed by atoms with Crippen LogP contribution < -0.4 is 0 Å². The van der Waals surface area contributed by atoms with Crippen molar-refractivity contribution in [3.8, 4) is 0 Å². The Hall–Kier alpha value is -0.590. The molecule has 0 amide bonds. The molecule has 1 fully saturated rings. The minimum atomic E-state index is 0.195. The number of rotatable bonds is 2. The molecule has 62 valence electrons. The second-order valence-corrected chi connectivity index (χ2v) is 3.96. The van der Waals surface area contributed by atoms with Gasteiger partial charge in [-0.3, -0.25) is 0 Å². The molecular weight excluding hydrogens is 136 g/mol. The molecule has 0 radical (unpaired) electrons. The number of carbonyl (C=O) groups excluding carboxylic acids is 1. The Morgan fingerprint density at radius 1 is 1.73 bits per heavy atom. The van der Waals surface area contributed by atoms with Gasteiger partial charge in [-0.1, -0.05) is 26.0 Å². The molecular formula is C10H16O. The minimum absolute atomic E-state index is 0.195. The molecule has 1 saturated carbocycles. The quantitative estimate of drug-likeness (QED) is 0.439. The van der Waals surface area contributed by atoms with Gasteiger partial charge in [0.15, 0.2) is 0 Å². The van der Waals surface area contributed by atoms with Crippen LogP contribution >= 0.6 is 0 Å². The van der Waals surface area contributed by atoms with Crippen LogP contribution in [0.25, 0.3) is 0 Å². The second kappa shape index (κ2) is 2.80. The summed E-state index contributed by atoms with van der Waals surface area (Å²) in [5, 5.41) is 0. The molecule has 1 aliphatic carbocycles. The van der Waals surface area contributed by atoms with E-state index in [4.69, 9.17) is 0 Å². The van der Waals surface area contributed by atoms with Gasteiger partial charge in [-0.2, -0.15) is 0 Å². The van der Waals surface area contributed by atoms with Gasteiger partial charge in [-0.15, -0.1) is 0 Å². The molecule has 0 aliphatic heterocycles. The Bertz CT molecular complexity index is 179. The summed E-state index contributed by atoms with van der Waals surface area (Å²) in [6.45, 7) is 8.41. The number of aldehydes is 1. The third kappa shape index (κ3) is 1.37. The maximum atomic E-state index is 10.3. The Balaban J connectivity index is 2.69. The van der Waals surface area contributed by atoms with E-state index in [0.717, 1.165) is 19.1 Å². The minimum Gasteiger partial charge on any atom is -0.303 e. The highest BCUT2D eigenvalue weighted by molar-refractivity contribution is 5.50. The maximum absolute atomic E-state index is 10.3. The monoisotopic (exact) mass is 152 g/mol. The Morgan fingerprint density at radius 2 is 2.36 bits per heavy atom. The summed E-state index contributed by atoms with van der Waals surface area (Å²) in [4.78, 5) is 10.3. The van der Waals surface area contributed by atoms with Crippen molar-refractivity contribution in [2.45, 2.75) is 33.1 Å². The first-order valence-corrected chi connectivity index (χ1v) is 4.21. The van der Waals surface area contributed by atoms with Gasteiger partial charge in [0.25, 0.3) is 0 Å². The maximum Gasteiger partial charge on any atom is 0.120 e. The van der Waals surface area contributed by atoms with Crippen LogP contribution in [-0.4, -0.2) is 6.29 Å². The van der Waals surface area contributed by atoms with E-state index >= 15 is 0 Å². The van der Waals surface area contributed by atoms with Gasteiger partial charge >= 0.3 is 0 Å². The highest BCUT2D eigenvalue weighted by Crippen LogP contribution is 2.47. The summed E-state index contributed by atoms with van der Waals surface area (Å²) in [6, 6.07) is 0. The molecule has 1 nitrogen and oxygen atoms in total. The van der Waals surface area contributed by atoms with Crippen LogP contribution in [0.3, 0.4) is 0 Å². The largest absolute Gasteiger partial charge is 0.303 e. The average Bonchev–Trinajstić information content (AvgIpc) is 2.16. The first-order chi connectivity index (χ1) is 5.09. The van der Waals surface area contributed by atoms with Crippen molar-refractivity contribution >= 4 is 6.29 Å². The lowest BCUT2D eigenvalue weighted by Crippen LogP contribution is -2.18. The topological polar surface area (TPSA) is 17.1 Å². The van der Waals surface area contributed by atoms with E-state index in [-0.39, 0.29) is 5.41 Å². The average molecular weight is 152 g/mol. The van der Waals surface area contributed by atoms with Gasteiger partial charge in [0.05, 0.1) is 0 Å². The van der Waals surface area contributed by atoms with Gasteiger partial charge in [0, 0.05) is 6.42 Å². The predicted octanol–water partition coefficient (Wildman–Crippen LogP) is 2.57. The van der Waals surface area contributed by atoms with Gasteiger partial charge in [-0.25, -0.2) is 0 Å². The zero-order chi connectivity index (χ0) is 8.48. The highest BCUT2D eigenvalue weighted by Gasteiger charge is 2.36. The first kappa shape index (κ1) is 8.51. The fraction of sp³-hybridized carbons (Fsp3) is 0.700. The zero-order valence-electron chi connectivity index (χ0n) is 7.39. The van der Waals surface area contributed by atoms with E-state index < -0.39 is 0 Å². The first-order valence-electron chi connectivity index (χ1n) is 4.21. The van der Waals surface area contributed by atoms with E-state index in [1.165, 1.54) is 5.57 Å². The molecule has 0 bridgehead atoms. The van der Waals surface area contributed by atoms with Crippen LogP contribution in [0.4, 0.5) is 0 Å². The number of hydrogen-bond acceptors (Lipinski definition) is 1. The molecule has 11 heavy (non-hydrogen) atoms. The summed E-state index contributed by atoms with van der Waals surface area (Å²) < 4.78 is 0. The molecule has 0 aromatic carbocycles. The fourth-order valence-electron chi connectivity index (χ4n) is 1.85. The number of allylic oxidation sites excluding steroid dienone is 1. The van der Waals surface area contributed by atoms with Gasteiger partial charge in [0.1, 0.15) is 6.29 Å². The van der Waals surface area contributed by atoms with Crippen LogP contribution in [0.15, 0.2) is 12.2 Å². The third-order valence-corrected chi connectivity index (χ3v) is 3.11. The smallest absolute Gasteiger partial charge is 0.120 e. The van der Waals surface area contributed by atoms with Crippen molar-refractivity contribution < 1.29 is 4.79 Å². The standard InChI is InChI=1S/C10H16O/c1-8-4-5-9(6-7-11)10(8,2)3/h7,9H,1,4-6H2,2-3H3/t9-/m0/s1. The highest BCUT2D eigenvalue weighted by atomic mass is 16.1.